The summed E-state index contributed by atoms with van der Waals surface area (Å²) in [5.74, 6) is -0.00636. The summed E-state index contributed by atoms with van der Waals surface area (Å²) in [6.07, 6.45) is 13.1. The number of thioether (sulfide) groups is 1. The van der Waals surface area contributed by atoms with Gasteiger partial charge in [-0.25, -0.2) is 4.98 Å². The summed E-state index contributed by atoms with van der Waals surface area (Å²) in [7, 11) is 0. The molecule has 0 radical (unpaired) electrons. The number of esters is 1. The van der Waals surface area contributed by atoms with Crippen LogP contribution in [0.15, 0.2) is 9.95 Å². The van der Waals surface area contributed by atoms with Crippen LogP contribution in [-0.4, -0.2) is 27.9 Å². The van der Waals surface area contributed by atoms with Crippen LogP contribution in [0.4, 0.5) is 0 Å². The topological polar surface area (TPSA) is 61.2 Å². The quantitative estimate of drug-likeness (QED) is 0.225. The third-order valence-electron chi connectivity index (χ3n) is 6.26. The lowest BCUT2D eigenvalue weighted by molar-refractivity contribution is -0.140. The van der Waals surface area contributed by atoms with E-state index in [4.69, 9.17) is 9.72 Å². The standard InChI is InChI=1S/C23H32N2O3S2/c1-2-3-9-14-28-19(26)15-29-23-24-21-20(17-12-7-8-13-18(17)30-21)22(27)25(23)16-10-5-4-6-11-16/h16H,2-15H2,1H3. The molecule has 164 valence electrons. The third-order valence-corrected chi connectivity index (χ3v) is 8.37. The van der Waals surface area contributed by atoms with Crippen LogP contribution in [0.25, 0.3) is 10.2 Å². The number of fused-ring (bicyclic) bond motifs is 3. The van der Waals surface area contributed by atoms with Gasteiger partial charge in [0.25, 0.3) is 5.56 Å². The van der Waals surface area contributed by atoms with E-state index in [2.05, 4.69) is 6.92 Å². The predicted octanol–water partition coefficient (Wildman–Crippen LogP) is 5.67. The van der Waals surface area contributed by atoms with Crippen LogP contribution in [0.3, 0.4) is 0 Å². The number of aromatic nitrogens is 2. The molecular formula is C23H32N2O3S2. The second kappa shape index (κ2) is 10.3. The van der Waals surface area contributed by atoms with E-state index in [0.29, 0.717) is 11.8 Å². The average molecular weight is 449 g/mol. The molecule has 2 heterocycles. The first kappa shape index (κ1) is 21.9. The van der Waals surface area contributed by atoms with Gasteiger partial charge in [0.05, 0.1) is 17.7 Å². The molecule has 0 spiro atoms. The van der Waals surface area contributed by atoms with E-state index in [1.165, 1.54) is 35.0 Å². The molecular weight excluding hydrogens is 416 g/mol. The van der Waals surface area contributed by atoms with Crippen molar-refractivity contribution in [2.45, 2.75) is 95.2 Å². The van der Waals surface area contributed by atoms with Gasteiger partial charge in [0.2, 0.25) is 0 Å². The van der Waals surface area contributed by atoms with Crippen molar-refractivity contribution in [1.29, 1.82) is 0 Å². The lowest BCUT2D eigenvalue weighted by atomic mass is 9.94. The first-order valence-corrected chi connectivity index (χ1v) is 13.3. The number of ether oxygens (including phenoxy) is 1. The Labute approximate surface area is 186 Å². The van der Waals surface area contributed by atoms with E-state index >= 15 is 0 Å². The maximum Gasteiger partial charge on any atom is 0.316 e. The highest BCUT2D eigenvalue weighted by atomic mass is 32.2. The molecule has 0 bridgehead atoms. The number of hydrogen-bond donors (Lipinski definition) is 0. The van der Waals surface area contributed by atoms with Gasteiger partial charge in [-0.05, 0) is 50.5 Å². The van der Waals surface area contributed by atoms with Gasteiger partial charge in [-0.15, -0.1) is 11.3 Å². The Morgan fingerprint density at radius 3 is 2.77 bits per heavy atom. The Kier molecular flexibility index (Phi) is 7.52. The highest BCUT2D eigenvalue weighted by molar-refractivity contribution is 7.99. The van der Waals surface area contributed by atoms with Gasteiger partial charge in [-0.3, -0.25) is 14.2 Å². The molecule has 0 atom stereocenters. The molecule has 2 aromatic heterocycles. The smallest absolute Gasteiger partial charge is 0.316 e. The van der Waals surface area contributed by atoms with E-state index < -0.39 is 0 Å². The summed E-state index contributed by atoms with van der Waals surface area (Å²) < 4.78 is 7.29. The zero-order valence-corrected chi connectivity index (χ0v) is 19.5. The molecule has 7 heteroatoms. The van der Waals surface area contributed by atoms with Gasteiger partial charge < -0.3 is 4.74 Å². The van der Waals surface area contributed by atoms with Gasteiger partial charge in [0, 0.05) is 10.9 Å². The molecule has 0 amide bonds. The number of nitrogens with zero attached hydrogens (tertiary/aromatic N) is 2. The fraction of sp³-hybridized carbons (Fsp3) is 0.696. The third kappa shape index (κ3) is 4.77. The number of hydrogen-bond acceptors (Lipinski definition) is 6. The lowest BCUT2D eigenvalue weighted by Gasteiger charge is -2.26. The Balaban J connectivity index is 1.62. The number of carbonyl (C=O) groups is 1. The van der Waals surface area contributed by atoms with E-state index in [-0.39, 0.29) is 23.3 Å². The predicted molar refractivity (Wildman–Crippen MR) is 124 cm³/mol. The van der Waals surface area contributed by atoms with Gasteiger partial charge >= 0.3 is 5.97 Å². The molecule has 2 aromatic rings. The number of aryl methyl sites for hydroxylation is 2. The molecule has 30 heavy (non-hydrogen) atoms. The molecule has 1 fully saturated rings. The fourth-order valence-electron chi connectivity index (χ4n) is 4.67. The fourth-order valence-corrected chi connectivity index (χ4v) is 6.83. The second-order valence-corrected chi connectivity index (χ2v) is 10.5. The molecule has 0 unspecified atom stereocenters. The number of thiophene rings is 1. The first-order chi connectivity index (χ1) is 14.7. The average Bonchev–Trinajstić information content (AvgIpc) is 3.14. The van der Waals surface area contributed by atoms with Crippen LogP contribution < -0.4 is 5.56 Å². The minimum Gasteiger partial charge on any atom is -0.465 e. The second-order valence-electron chi connectivity index (χ2n) is 8.47. The minimum atomic E-state index is -0.217. The zero-order chi connectivity index (χ0) is 20.9. The van der Waals surface area contributed by atoms with Gasteiger partial charge in [0.15, 0.2) is 5.16 Å². The Morgan fingerprint density at radius 2 is 1.97 bits per heavy atom. The molecule has 0 aliphatic heterocycles. The summed E-state index contributed by atoms with van der Waals surface area (Å²) in [6.45, 7) is 2.61. The largest absolute Gasteiger partial charge is 0.465 e. The van der Waals surface area contributed by atoms with E-state index in [0.717, 1.165) is 74.4 Å². The monoisotopic (exact) mass is 448 g/mol. The van der Waals surface area contributed by atoms with Crippen LogP contribution in [0, 0.1) is 0 Å². The van der Waals surface area contributed by atoms with Crippen LogP contribution in [0.5, 0.6) is 0 Å². The SMILES string of the molecule is CCCCCOC(=O)CSc1nc2sc3c(c2c(=O)n1C1CCCCC1)CCCC3. The highest BCUT2D eigenvalue weighted by Crippen LogP contribution is 2.37. The van der Waals surface area contributed by atoms with Crippen LogP contribution in [-0.2, 0) is 22.4 Å². The molecule has 0 N–H and O–H groups in total. The molecule has 4 rings (SSSR count). The number of unbranched alkanes of at least 4 members (excludes halogenated alkanes) is 2. The maximum absolute atomic E-state index is 13.7. The maximum atomic E-state index is 13.7. The van der Waals surface area contributed by atoms with Crippen molar-refractivity contribution in [2.75, 3.05) is 12.4 Å². The van der Waals surface area contributed by atoms with Crippen molar-refractivity contribution in [1.82, 2.24) is 9.55 Å². The zero-order valence-electron chi connectivity index (χ0n) is 17.9. The summed E-state index contributed by atoms with van der Waals surface area (Å²) in [5.41, 5.74) is 1.36. The van der Waals surface area contributed by atoms with Gasteiger partial charge in [-0.1, -0.05) is 50.8 Å². The first-order valence-electron chi connectivity index (χ1n) is 11.5. The summed E-state index contributed by atoms with van der Waals surface area (Å²) in [4.78, 5) is 33.0. The summed E-state index contributed by atoms with van der Waals surface area (Å²) in [5, 5.41) is 1.55. The Morgan fingerprint density at radius 1 is 1.17 bits per heavy atom. The van der Waals surface area contributed by atoms with Crippen molar-refractivity contribution >= 4 is 39.3 Å². The normalized spacial score (nSPS) is 17.2. The highest BCUT2D eigenvalue weighted by Gasteiger charge is 2.26. The van der Waals surface area contributed by atoms with Crippen molar-refractivity contribution in [3.63, 3.8) is 0 Å². The molecule has 1 saturated carbocycles. The van der Waals surface area contributed by atoms with Crippen LogP contribution >= 0.6 is 23.1 Å². The van der Waals surface area contributed by atoms with E-state index in [1.54, 1.807) is 11.3 Å². The molecule has 0 aromatic carbocycles. The Hall–Kier alpha value is -1.34. The van der Waals surface area contributed by atoms with Gasteiger partial charge in [-0.2, -0.15) is 0 Å². The summed E-state index contributed by atoms with van der Waals surface area (Å²) >= 11 is 3.05. The molecule has 0 saturated heterocycles. The van der Waals surface area contributed by atoms with E-state index in [1.807, 2.05) is 4.57 Å². The molecule has 5 nitrogen and oxygen atoms in total. The van der Waals surface area contributed by atoms with Crippen LogP contribution in [0.1, 0.15) is 87.6 Å². The van der Waals surface area contributed by atoms with E-state index in [9.17, 15) is 9.59 Å². The lowest BCUT2D eigenvalue weighted by Crippen LogP contribution is -2.29. The van der Waals surface area contributed by atoms with Crippen molar-refractivity contribution < 1.29 is 9.53 Å². The van der Waals surface area contributed by atoms with Gasteiger partial charge in [0.1, 0.15) is 4.83 Å². The number of carbonyl (C=O) groups excluding carboxylic acids is 1. The number of rotatable bonds is 8. The molecule has 2 aliphatic carbocycles. The minimum absolute atomic E-state index is 0.116. The van der Waals surface area contributed by atoms with Crippen molar-refractivity contribution in [2.24, 2.45) is 0 Å². The van der Waals surface area contributed by atoms with Crippen molar-refractivity contribution in [3.05, 3.63) is 20.8 Å². The van der Waals surface area contributed by atoms with Crippen molar-refractivity contribution in [3.8, 4) is 0 Å². The Bertz CT molecular complexity index is 944. The molecule has 2 aliphatic rings. The van der Waals surface area contributed by atoms with Crippen LogP contribution in [0.2, 0.25) is 0 Å². The summed E-state index contributed by atoms with van der Waals surface area (Å²) in [6, 6.07) is 0.199.